The van der Waals surface area contributed by atoms with Crippen LogP contribution in [0.3, 0.4) is 0 Å². The number of rotatable bonds is 6. The van der Waals surface area contributed by atoms with Crippen LogP contribution < -0.4 is 9.47 Å². The van der Waals surface area contributed by atoms with Gasteiger partial charge in [-0.2, -0.15) is 0 Å². The second-order valence-electron chi connectivity index (χ2n) is 10.1. The van der Waals surface area contributed by atoms with Gasteiger partial charge in [0.25, 0.3) is 11.4 Å². The van der Waals surface area contributed by atoms with Crippen LogP contribution in [-0.2, 0) is 6.54 Å². The van der Waals surface area contributed by atoms with E-state index in [1.165, 1.54) is 24.3 Å². The zero-order valence-corrected chi connectivity index (χ0v) is 21.9. The molecule has 0 amide bonds. The molecule has 2 aliphatic heterocycles. The van der Waals surface area contributed by atoms with Crippen LogP contribution in [0.25, 0.3) is 10.8 Å². The van der Waals surface area contributed by atoms with Gasteiger partial charge >= 0.3 is 5.97 Å². The van der Waals surface area contributed by atoms with Crippen molar-refractivity contribution in [3.63, 3.8) is 0 Å². The second-order valence-corrected chi connectivity index (χ2v) is 10.1. The fourth-order valence-corrected chi connectivity index (χ4v) is 5.81. The summed E-state index contributed by atoms with van der Waals surface area (Å²) < 4.78 is 12.4. The predicted octanol–water partition coefficient (Wildman–Crippen LogP) is 6.87. The summed E-state index contributed by atoms with van der Waals surface area (Å²) in [7, 11) is 0. The first-order valence-electron chi connectivity index (χ1n) is 13.2. The summed E-state index contributed by atoms with van der Waals surface area (Å²) >= 11 is 0. The van der Waals surface area contributed by atoms with E-state index in [1.54, 1.807) is 36.4 Å². The van der Waals surface area contributed by atoms with Gasteiger partial charge in [-0.25, -0.2) is 9.69 Å². The maximum Gasteiger partial charge on any atom is 0.344 e. The number of hydrogen-bond donors (Lipinski definition) is 0. The molecule has 2 heterocycles. The predicted molar refractivity (Wildman–Crippen MR) is 152 cm³/mol. The number of nitrogens with zero attached hydrogens (tertiary/aromatic N) is 3. The Morgan fingerprint density at radius 3 is 2.05 bits per heavy atom. The van der Waals surface area contributed by atoms with Gasteiger partial charge in [0.05, 0.1) is 21.5 Å². The average Bonchev–Trinajstić information content (AvgIpc) is 3.33. The molecule has 2 atom stereocenters. The molecule has 0 unspecified atom stereocenters. The third kappa shape index (κ3) is 4.13. The lowest BCUT2D eigenvalue weighted by Crippen LogP contribution is -2.40. The second kappa shape index (κ2) is 9.79. The smallest absolute Gasteiger partial charge is 0.344 e. The zero-order valence-electron chi connectivity index (χ0n) is 21.9. The summed E-state index contributed by atoms with van der Waals surface area (Å²) in [5.41, 5.74) is 3.53. The summed E-state index contributed by atoms with van der Waals surface area (Å²) in [5, 5.41) is 24.2. The molecule has 0 bridgehead atoms. The summed E-state index contributed by atoms with van der Waals surface area (Å²) in [5.74, 6) is 0.524. The number of nitro benzene ring substituents is 2. The molecule has 10 heteroatoms. The van der Waals surface area contributed by atoms with E-state index < -0.39 is 28.1 Å². The normalized spacial score (nSPS) is 17.4. The van der Waals surface area contributed by atoms with Gasteiger partial charge in [0.15, 0.2) is 6.23 Å². The van der Waals surface area contributed by atoms with Gasteiger partial charge in [0.2, 0.25) is 0 Å². The van der Waals surface area contributed by atoms with Gasteiger partial charge in [0, 0.05) is 52.7 Å². The van der Waals surface area contributed by atoms with Crippen LogP contribution in [0, 0.1) is 20.2 Å². The van der Waals surface area contributed by atoms with E-state index in [0.29, 0.717) is 39.9 Å². The van der Waals surface area contributed by atoms with Gasteiger partial charge < -0.3 is 9.47 Å². The maximum atomic E-state index is 12.7. The highest BCUT2D eigenvalue weighted by molar-refractivity contribution is 6.14. The molecule has 5 aromatic carbocycles. The molecule has 0 spiro atoms. The molecule has 0 fully saturated rings. The number of non-ortho nitro benzene ring substituents is 2. The quantitative estimate of drug-likeness (QED) is 0.0955. The molecule has 0 aromatic heterocycles. The number of nitro groups is 2. The first-order chi connectivity index (χ1) is 20.4. The highest BCUT2D eigenvalue weighted by Crippen LogP contribution is 2.53. The first-order valence-corrected chi connectivity index (χ1v) is 13.2. The first kappa shape index (κ1) is 25.4. The van der Waals surface area contributed by atoms with Crippen LogP contribution in [0.2, 0.25) is 0 Å². The lowest BCUT2D eigenvalue weighted by atomic mass is 9.89. The third-order valence-corrected chi connectivity index (χ3v) is 7.70. The number of hydrogen-bond acceptors (Lipinski definition) is 8. The number of ether oxygens (including phenoxy) is 2. The highest BCUT2D eigenvalue weighted by atomic mass is 16.6. The van der Waals surface area contributed by atoms with Crippen molar-refractivity contribution in [3.8, 4) is 11.5 Å². The van der Waals surface area contributed by atoms with E-state index in [-0.39, 0.29) is 11.4 Å². The Labute approximate surface area is 238 Å². The standard InChI is InChI=1S/C32H21N3O7/c36-32-25-8-4-7-24-28(25)27(41-32)17-26-29(20-9-13-22(14-10-20)34(37)38)33(18-19-5-2-1-3-6-19)31(42-30(24)26)21-11-15-23(16-12-21)35(39)40/h1-17,29,31H,18H2/t29-,31+/m0/s1. The van der Waals surface area contributed by atoms with Gasteiger partial charge in [-0.05, 0) is 35.4 Å². The number of esters is 1. The molecule has 2 aliphatic rings. The minimum Gasteiger partial charge on any atom is -0.470 e. The Morgan fingerprint density at radius 2 is 1.40 bits per heavy atom. The SMILES string of the molecule is O=C1Oc2cc3c(c4cccc1c24)O[C@H](c1ccc([N+](=O)[O-])cc1)N(Cc1ccccc1)[C@H]3c1ccc([N+](=O)[O-])cc1. The molecule has 10 nitrogen and oxygen atoms in total. The van der Waals surface area contributed by atoms with E-state index in [0.717, 1.165) is 16.7 Å². The van der Waals surface area contributed by atoms with Gasteiger partial charge in [0.1, 0.15) is 11.5 Å². The minimum absolute atomic E-state index is 0.0387. The molecule has 42 heavy (non-hydrogen) atoms. The minimum atomic E-state index is -0.700. The van der Waals surface area contributed by atoms with E-state index >= 15 is 0 Å². The maximum absolute atomic E-state index is 12.7. The number of fused-ring (bicyclic) bond motifs is 2. The van der Waals surface area contributed by atoms with Crippen LogP contribution >= 0.6 is 0 Å². The average molecular weight is 560 g/mol. The van der Waals surface area contributed by atoms with Gasteiger partial charge in [-0.3, -0.25) is 20.2 Å². The molecule has 0 saturated heterocycles. The van der Waals surface area contributed by atoms with Crippen molar-refractivity contribution >= 4 is 28.1 Å². The van der Waals surface area contributed by atoms with Crippen LogP contribution in [0.1, 0.15) is 44.9 Å². The Bertz CT molecular complexity index is 1890. The summed E-state index contributed by atoms with van der Waals surface area (Å²) in [4.78, 5) is 36.7. The van der Waals surface area contributed by atoms with E-state index in [4.69, 9.17) is 9.47 Å². The van der Waals surface area contributed by atoms with Gasteiger partial charge in [-0.15, -0.1) is 0 Å². The van der Waals surface area contributed by atoms with E-state index in [1.807, 2.05) is 42.5 Å². The van der Waals surface area contributed by atoms with Crippen LogP contribution in [-0.4, -0.2) is 20.7 Å². The van der Waals surface area contributed by atoms with Crippen molar-refractivity contribution in [2.45, 2.75) is 18.8 Å². The summed E-state index contributed by atoms with van der Waals surface area (Å²) in [6, 6.07) is 29.0. The summed E-state index contributed by atoms with van der Waals surface area (Å²) in [6.07, 6.45) is -0.700. The summed E-state index contributed by atoms with van der Waals surface area (Å²) in [6.45, 7) is 0.413. The molecular formula is C32H21N3O7. The van der Waals surface area contributed by atoms with Crippen LogP contribution in [0.5, 0.6) is 11.5 Å². The molecule has 0 saturated carbocycles. The number of carbonyl (C=O) groups is 1. The van der Waals surface area contributed by atoms with Crippen molar-refractivity contribution in [1.82, 2.24) is 4.90 Å². The lowest BCUT2D eigenvalue weighted by Gasteiger charge is -2.44. The van der Waals surface area contributed by atoms with Crippen molar-refractivity contribution in [2.75, 3.05) is 0 Å². The Morgan fingerprint density at radius 1 is 0.762 bits per heavy atom. The number of carbonyl (C=O) groups excluding carboxylic acids is 1. The molecule has 0 N–H and O–H groups in total. The third-order valence-electron chi connectivity index (χ3n) is 7.70. The molecule has 0 aliphatic carbocycles. The topological polar surface area (TPSA) is 125 Å². The number of benzene rings is 5. The van der Waals surface area contributed by atoms with Crippen LogP contribution in [0.15, 0.2) is 103 Å². The molecule has 0 radical (unpaired) electrons. The van der Waals surface area contributed by atoms with E-state index in [2.05, 4.69) is 4.90 Å². The Balaban J connectivity index is 1.48. The highest BCUT2D eigenvalue weighted by Gasteiger charge is 2.41. The fourth-order valence-electron chi connectivity index (χ4n) is 5.81. The molecule has 7 rings (SSSR count). The Kier molecular flexibility index (Phi) is 5.91. The molecule has 5 aromatic rings. The molecule has 206 valence electrons. The fraction of sp³-hybridized carbons (Fsp3) is 0.0938. The monoisotopic (exact) mass is 559 g/mol. The van der Waals surface area contributed by atoms with Crippen molar-refractivity contribution < 1.29 is 24.1 Å². The zero-order chi connectivity index (χ0) is 29.0. The Hall–Kier alpha value is -5.61. The lowest BCUT2D eigenvalue weighted by molar-refractivity contribution is -0.385. The van der Waals surface area contributed by atoms with Crippen molar-refractivity contribution in [2.24, 2.45) is 0 Å². The largest absolute Gasteiger partial charge is 0.470 e. The van der Waals surface area contributed by atoms with Crippen molar-refractivity contribution in [3.05, 3.63) is 151 Å². The molecular weight excluding hydrogens is 538 g/mol. The van der Waals surface area contributed by atoms with E-state index in [9.17, 15) is 25.0 Å². The van der Waals surface area contributed by atoms with Gasteiger partial charge in [-0.1, -0.05) is 54.6 Å². The van der Waals surface area contributed by atoms with Crippen molar-refractivity contribution in [1.29, 1.82) is 0 Å². The van der Waals surface area contributed by atoms with Crippen LogP contribution in [0.4, 0.5) is 11.4 Å².